The average molecular weight is 373 g/mol. The molecule has 0 aliphatic rings. The molecule has 0 aliphatic carbocycles. The van der Waals surface area contributed by atoms with Crippen molar-refractivity contribution in [2.45, 2.75) is 33.6 Å². The lowest BCUT2D eigenvalue weighted by Gasteiger charge is -2.03. The van der Waals surface area contributed by atoms with Gasteiger partial charge in [0.15, 0.2) is 10.3 Å². The number of thiazole rings is 2. The molecule has 7 heteroatoms. The Labute approximate surface area is 155 Å². The molecule has 2 N–H and O–H groups in total. The molecular formula is C18H20N4OS2. The summed E-state index contributed by atoms with van der Waals surface area (Å²) < 4.78 is 0. The van der Waals surface area contributed by atoms with Crippen molar-refractivity contribution in [1.82, 2.24) is 9.97 Å². The highest BCUT2D eigenvalue weighted by molar-refractivity contribution is 7.15. The first-order valence-corrected chi connectivity index (χ1v) is 9.77. The molecule has 0 atom stereocenters. The van der Waals surface area contributed by atoms with Gasteiger partial charge in [0.25, 0.3) is 0 Å². The Morgan fingerprint density at radius 2 is 1.88 bits per heavy atom. The average Bonchev–Trinajstić information content (AvgIpc) is 3.14. The summed E-state index contributed by atoms with van der Waals surface area (Å²) in [6.07, 6.45) is 1.26. The van der Waals surface area contributed by atoms with E-state index in [2.05, 4.69) is 39.7 Å². The zero-order valence-electron chi connectivity index (χ0n) is 14.4. The van der Waals surface area contributed by atoms with Crippen LogP contribution in [0.2, 0.25) is 0 Å². The van der Waals surface area contributed by atoms with Gasteiger partial charge in [0.05, 0.1) is 17.8 Å². The van der Waals surface area contributed by atoms with Crippen molar-refractivity contribution in [3.05, 3.63) is 51.5 Å². The van der Waals surface area contributed by atoms with Crippen LogP contribution in [0.5, 0.6) is 0 Å². The number of aryl methyl sites for hydroxylation is 3. The monoisotopic (exact) mass is 372 g/mol. The molecule has 0 saturated carbocycles. The fourth-order valence-electron chi connectivity index (χ4n) is 2.25. The van der Waals surface area contributed by atoms with Gasteiger partial charge in [0.2, 0.25) is 5.91 Å². The summed E-state index contributed by atoms with van der Waals surface area (Å²) in [7, 11) is 0. The summed E-state index contributed by atoms with van der Waals surface area (Å²) in [5, 5.41) is 9.44. The number of rotatable bonds is 6. The summed E-state index contributed by atoms with van der Waals surface area (Å²) in [4.78, 5) is 22.1. The lowest BCUT2D eigenvalue weighted by molar-refractivity contribution is -0.115. The Morgan fingerprint density at radius 1 is 1.12 bits per heavy atom. The minimum atomic E-state index is -0.0992. The fraction of sp³-hybridized carbons (Fsp3) is 0.278. The van der Waals surface area contributed by atoms with Crippen molar-refractivity contribution in [1.29, 1.82) is 0 Å². The topological polar surface area (TPSA) is 66.9 Å². The maximum absolute atomic E-state index is 12.1. The number of nitrogens with zero attached hydrogens (tertiary/aromatic N) is 2. The van der Waals surface area contributed by atoms with Crippen LogP contribution in [-0.4, -0.2) is 15.9 Å². The normalized spacial score (nSPS) is 10.7. The van der Waals surface area contributed by atoms with Gasteiger partial charge in [-0.2, -0.15) is 0 Å². The number of nitrogens with one attached hydrogen (secondary N) is 2. The summed E-state index contributed by atoms with van der Waals surface area (Å²) in [6, 6.07) is 8.28. The van der Waals surface area contributed by atoms with E-state index in [0.717, 1.165) is 33.5 Å². The highest BCUT2D eigenvalue weighted by Crippen LogP contribution is 2.23. The summed E-state index contributed by atoms with van der Waals surface area (Å²) in [5.41, 5.74) is 4.00. The standard InChI is InChI=1S/C18H20N4OS2/c1-4-13-5-7-14(8-6-13)20-17-21-15(10-24-17)9-16(23)22-18-19-11(2)12(3)25-18/h5-8,10H,4,9H2,1-3H3,(H,20,21)(H,19,22,23). The third-order valence-electron chi connectivity index (χ3n) is 3.78. The summed E-state index contributed by atoms with van der Waals surface area (Å²) in [6.45, 7) is 6.07. The van der Waals surface area contributed by atoms with Crippen LogP contribution in [0.4, 0.5) is 16.0 Å². The first kappa shape index (κ1) is 17.6. The molecule has 0 saturated heterocycles. The molecule has 0 spiro atoms. The van der Waals surface area contributed by atoms with Gasteiger partial charge in [-0.25, -0.2) is 9.97 Å². The van der Waals surface area contributed by atoms with Crippen LogP contribution in [0.3, 0.4) is 0 Å². The number of hydrogen-bond acceptors (Lipinski definition) is 6. The number of anilines is 3. The molecule has 0 bridgehead atoms. The van der Waals surface area contributed by atoms with Crippen LogP contribution < -0.4 is 10.6 Å². The van der Waals surface area contributed by atoms with Crippen LogP contribution in [-0.2, 0) is 17.6 Å². The van der Waals surface area contributed by atoms with Crippen LogP contribution in [0.1, 0.15) is 28.8 Å². The smallest absolute Gasteiger partial charge is 0.232 e. The zero-order valence-corrected chi connectivity index (χ0v) is 16.1. The molecule has 1 amide bonds. The maximum Gasteiger partial charge on any atom is 0.232 e. The Kier molecular flexibility index (Phi) is 5.45. The second-order valence-corrected chi connectivity index (χ2v) is 7.77. The summed E-state index contributed by atoms with van der Waals surface area (Å²) >= 11 is 2.98. The highest BCUT2D eigenvalue weighted by Gasteiger charge is 2.11. The molecule has 1 aromatic carbocycles. The number of hydrogen-bond donors (Lipinski definition) is 2. The van der Waals surface area contributed by atoms with Gasteiger partial charge in [0, 0.05) is 15.9 Å². The van der Waals surface area contributed by atoms with Gasteiger partial charge in [0.1, 0.15) is 0 Å². The van der Waals surface area contributed by atoms with Crippen molar-refractivity contribution < 1.29 is 4.79 Å². The predicted molar refractivity (Wildman–Crippen MR) is 105 cm³/mol. The third-order valence-corrected chi connectivity index (χ3v) is 5.58. The molecule has 2 aromatic heterocycles. The van der Waals surface area contributed by atoms with Crippen molar-refractivity contribution >= 4 is 44.5 Å². The zero-order chi connectivity index (χ0) is 17.8. The van der Waals surface area contributed by atoms with E-state index in [-0.39, 0.29) is 12.3 Å². The third kappa shape index (κ3) is 4.64. The van der Waals surface area contributed by atoms with E-state index in [0.29, 0.717) is 5.13 Å². The van der Waals surface area contributed by atoms with Crippen LogP contribution in [0.15, 0.2) is 29.6 Å². The minimum absolute atomic E-state index is 0.0992. The molecule has 5 nitrogen and oxygen atoms in total. The summed E-state index contributed by atoms with van der Waals surface area (Å²) in [5.74, 6) is -0.0992. The van der Waals surface area contributed by atoms with Crippen LogP contribution >= 0.6 is 22.7 Å². The Balaban J connectivity index is 1.57. The van der Waals surface area contributed by atoms with E-state index in [1.807, 2.05) is 31.4 Å². The van der Waals surface area contributed by atoms with Crippen molar-refractivity contribution in [3.8, 4) is 0 Å². The quantitative estimate of drug-likeness (QED) is 0.658. The van der Waals surface area contributed by atoms with E-state index in [4.69, 9.17) is 0 Å². The van der Waals surface area contributed by atoms with E-state index < -0.39 is 0 Å². The van der Waals surface area contributed by atoms with Crippen LogP contribution in [0.25, 0.3) is 0 Å². The molecular weight excluding hydrogens is 352 g/mol. The van der Waals surface area contributed by atoms with E-state index >= 15 is 0 Å². The first-order chi connectivity index (χ1) is 12.0. The molecule has 0 unspecified atom stereocenters. The van der Waals surface area contributed by atoms with Gasteiger partial charge in [-0.3, -0.25) is 4.79 Å². The molecule has 0 aliphatic heterocycles. The largest absolute Gasteiger partial charge is 0.332 e. The molecule has 25 heavy (non-hydrogen) atoms. The number of carbonyl (C=O) groups is 1. The van der Waals surface area contributed by atoms with Crippen LogP contribution in [0, 0.1) is 13.8 Å². The van der Waals surface area contributed by atoms with Gasteiger partial charge < -0.3 is 10.6 Å². The second kappa shape index (κ2) is 7.76. The van der Waals surface area contributed by atoms with Crippen molar-refractivity contribution in [3.63, 3.8) is 0 Å². The van der Waals surface area contributed by atoms with Gasteiger partial charge in [-0.1, -0.05) is 19.1 Å². The number of benzene rings is 1. The van der Waals surface area contributed by atoms with E-state index in [1.54, 1.807) is 0 Å². The van der Waals surface area contributed by atoms with Crippen molar-refractivity contribution in [2.75, 3.05) is 10.6 Å². The van der Waals surface area contributed by atoms with E-state index in [9.17, 15) is 4.79 Å². The number of amides is 1. The minimum Gasteiger partial charge on any atom is -0.332 e. The molecule has 130 valence electrons. The van der Waals surface area contributed by atoms with Gasteiger partial charge in [-0.05, 0) is 38.0 Å². The SMILES string of the molecule is CCc1ccc(Nc2nc(CC(=O)Nc3nc(C)c(C)s3)cs2)cc1. The highest BCUT2D eigenvalue weighted by atomic mass is 32.1. The van der Waals surface area contributed by atoms with E-state index in [1.165, 1.54) is 28.2 Å². The molecule has 0 radical (unpaired) electrons. The number of carbonyl (C=O) groups excluding carboxylic acids is 1. The Bertz CT molecular complexity index is 848. The second-order valence-electron chi connectivity index (χ2n) is 5.71. The lowest BCUT2D eigenvalue weighted by atomic mass is 10.1. The van der Waals surface area contributed by atoms with Gasteiger partial charge in [-0.15, -0.1) is 22.7 Å². The molecule has 2 heterocycles. The lowest BCUT2D eigenvalue weighted by Crippen LogP contribution is -2.14. The fourth-order valence-corrected chi connectivity index (χ4v) is 3.81. The number of aromatic nitrogens is 2. The Morgan fingerprint density at radius 3 is 2.52 bits per heavy atom. The predicted octanol–water partition coefficient (Wildman–Crippen LogP) is 4.70. The molecule has 0 fully saturated rings. The van der Waals surface area contributed by atoms with Gasteiger partial charge >= 0.3 is 0 Å². The molecule has 3 rings (SSSR count). The first-order valence-electron chi connectivity index (χ1n) is 8.07. The van der Waals surface area contributed by atoms with Crippen molar-refractivity contribution in [2.24, 2.45) is 0 Å². The maximum atomic E-state index is 12.1. The Hall–Kier alpha value is -2.25. The molecule has 3 aromatic rings.